The molecule has 0 aliphatic rings. The summed E-state index contributed by atoms with van der Waals surface area (Å²) in [5.74, 6) is -0.351. The second-order valence-corrected chi connectivity index (χ2v) is 10.1. The second kappa shape index (κ2) is 11.4. The normalized spacial score (nSPS) is 13.8. The minimum atomic E-state index is -1.29. The number of halogens is 1. The molecule has 0 bridgehead atoms. The van der Waals surface area contributed by atoms with Gasteiger partial charge in [-0.3, -0.25) is 0 Å². The topological polar surface area (TPSA) is 45.6 Å². The van der Waals surface area contributed by atoms with Crippen LogP contribution in [0.4, 0.5) is 4.39 Å². The third kappa shape index (κ3) is 5.42. The molecule has 0 aliphatic carbocycles. The molecule has 0 unspecified atom stereocenters. The summed E-state index contributed by atoms with van der Waals surface area (Å²) < 4.78 is 19.4. The lowest BCUT2D eigenvalue weighted by Crippen LogP contribution is -2.38. The Bertz CT molecular complexity index is 1550. The van der Waals surface area contributed by atoms with Gasteiger partial charge in [0.15, 0.2) is 0 Å². The maximum absolute atomic E-state index is 13.6. The summed E-state index contributed by atoms with van der Waals surface area (Å²) in [6.45, 7) is 0.673. The van der Waals surface area contributed by atoms with Gasteiger partial charge >= 0.3 is 0 Å². The Balaban J connectivity index is 1.75. The first-order chi connectivity index (χ1) is 18.9. The summed E-state index contributed by atoms with van der Waals surface area (Å²) in [6.07, 6.45) is 0.483. The van der Waals surface area contributed by atoms with Crippen molar-refractivity contribution in [3.8, 4) is 17.1 Å². The van der Waals surface area contributed by atoms with Gasteiger partial charge in [0.05, 0.1) is 12.8 Å². The molecule has 2 atom stereocenters. The Hall–Kier alpha value is -4.06. The molecule has 0 saturated carbocycles. The number of benzene rings is 4. The van der Waals surface area contributed by atoms with Crippen LogP contribution < -0.4 is 4.74 Å². The number of methoxy groups -OCH3 is 1. The number of aromatic nitrogens is 1. The lowest BCUT2D eigenvalue weighted by Gasteiger charge is -2.39. The summed E-state index contributed by atoms with van der Waals surface area (Å²) in [7, 11) is 5.63. The molecule has 0 spiro atoms. The van der Waals surface area contributed by atoms with Gasteiger partial charge in [-0.2, -0.15) is 0 Å². The van der Waals surface area contributed by atoms with Crippen LogP contribution in [0.2, 0.25) is 0 Å². The van der Waals surface area contributed by atoms with E-state index in [0.29, 0.717) is 24.5 Å². The molecule has 4 aromatic carbocycles. The molecule has 0 amide bonds. The smallest absolute Gasteiger partial charge is 0.217 e. The fourth-order valence-electron chi connectivity index (χ4n) is 5.41. The molecule has 5 rings (SSSR count). The highest BCUT2D eigenvalue weighted by atomic mass is 19.1. The molecule has 4 nitrogen and oxygen atoms in total. The Labute approximate surface area is 229 Å². The predicted octanol–water partition coefficient (Wildman–Crippen LogP) is 7.02. The van der Waals surface area contributed by atoms with Crippen LogP contribution in [0.5, 0.6) is 5.88 Å². The summed E-state index contributed by atoms with van der Waals surface area (Å²) in [4.78, 5) is 6.92. The van der Waals surface area contributed by atoms with Crippen molar-refractivity contribution in [2.24, 2.45) is 0 Å². The van der Waals surface area contributed by atoms with Crippen molar-refractivity contribution in [1.82, 2.24) is 9.88 Å². The lowest BCUT2D eigenvalue weighted by atomic mass is 9.70. The molecule has 1 aromatic heterocycles. The van der Waals surface area contributed by atoms with Crippen LogP contribution in [0.25, 0.3) is 22.0 Å². The van der Waals surface area contributed by atoms with Gasteiger partial charge in [0.2, 0.25) is 5.88 Å². The number of hydrogen-bond donors (Lipinski definition) is 1. The Kier molecular flexibility index (Phi) is 7.73. The first-order valence-corrected chi connectivity index (χ1v) is 13.1. The van der Waals surface area contributed by atoms with Crippen LogP contribution in [0, 0.1) is 5.82 Å². The molecular formula is C34H33FN2O2. The fourth-order valence-corrected chi connectivity index (χ4v) is 5.41. The Morgan fingerprint density at radius 2 is 1.54 bits per heavy atom. The van der Waals surface area contributed by atoms with Gasteiger partial charge in [-0.15, -0.1) is 0 Å². The molecule has 0 radical (unpaired) electrons. The molecule has 5 heteroatoms. The molecule has 0 saturated heterocycles. The minimum Gasteiger partial charge on any atom is -0.481 e. The highest BCUT2D eigenvalue weighted by Gasteiger charge is 2.43. The van der Waals surface area contributed by atoms with Gasteiger partial charge in [0.25, 0.3) is 0 Å². The zero-order valence-electron chi connectivity index (χ0n) is 22.5. The second-order valence-electron chi connectivity index (χ2n) is 10.1. The number of fused-ring (bicyclic) bond motifs is 1. The molecule has 39 heavy (non-hydrogen) atoms. The van der Waals surface area contributed by atoms with Gasteiger partial charge in [-0.25, -0.2) is 9.37 Å². The van der Waals surface area contributed by atoms with Crippen LogP contribution in [-0.4, -0.2) is 42.7 Å². The molecule has 1 heterocycles. The SMILES string of the molecule is COc1nc(-c2ccc(F)cc2)ccc1[C@@H](c1ccccc1)[C@@](O)(CCN(C)C)c1cccc2ccccc12. The Morgan fingerprint density at radius 1 is 0.846 bits per heavy atom. The zero-order chi connectivity index (χ0) is 27.4. The minimum absolute atomic E-state index is 0.299. The fraction of sp³-hybridized carbons (Fsp3) is 0.206. The monoisotopic (exact) mass is 520 g/mol. The van der Waals surface area contributed by atoms with E-state index in [1.54, 1.807) is 19.2 Å². The van der Waals surface area contributed by atoms with E-state index in [4.69, 9.17) is 9.72 Å². The molecule has 1 N–H and O–H groups in total. The zero-order valence-corrected chi connectivity index (χ0v) is 22.5. The largest absolute Gasteiger partial charge is 0.481 e. The van der Waals surface area contributed by atoms with Crippen LogP contribution in [0.3, 0.4) is 0 Å². The van der Waals surface area contributed by atoms with Gasteiger partial charge in [0, 0.05) is 23.6 Å². The number of pyridine rings is 1. The van der Waals surface area contributed by atoms with Crippen molar-refractivity contribution in [1.29, 1.82) is 0 Å². The maximum Gasteiger partial charge on any atom is 0.217 e. The first-order valence-electron chi connectivity index (χ1n) is 13.1. The van der Waals surface area contributed by atoms with E-state index >= 15 is 0 Å². The number of hydrogen-bond acceptors (Lipinski definition) is 4. The van der Waals surface area contributed by atoms with Crippen LogP contribution in [0.1, 0.15) is 29.0 Å². The number of nitrogens with zero attached hydrogens (tertiary/aromatic N) is 2. The predicted molar refractivity (Wildman–Crippen MR) is 155 cm³/mol. The van der Waals surface area contributed by atoms with Gasteiger partial charge in [0.1, 0.15) is 11.4 Å². The number of ether oxygens (including phenoxy) is 1. The van der Waals surface area contributed by atoms with E-state index in [1.807, 2.05) is 80.8 Å². The van der Waals surface area contributed by atoms with Crippen LogP contribution >= 0.6 is 0 Å². The summed E-state index contributed by atoms with van der Waals surface area (Å²) >= 11 is 0. The van der Waals surface area contributed by atoms with E-state index in [9.17, 15) is 9.50 Å². The number of rotatable bonds is 9. The van der Waals surface area contributed by atoms with Gasteiger partial charge in [-0.05, 0) is 72.7 Å². The van der Waals surface area contributed by atoms with Crippen molar-refractivity contribution in [3.05, 3.63) is 132 Å². The van der Waals surface area contributed by atoms with Crippen molar-refractivity contribution >= 4 is 10.8 Å². The van der Waals surface area contributed by atoms with Crippen LogP contribution in [-0.2, 0) is 5.60 Å². The first kappa shape index (κ1) is 26.5. The van der Waals surface area contributed by atoms with Crippen LogP contribution in [0.15, 0.2) is 109 Å². The average Bonchev–Trinajstić information content (AvgIpc) is 2.97. The highest BCUT2D eigenvalue weighted by molar-refractivity contribution is 5.86. The highest BCUT2D eigenvalue weighted by Crippen LogP contribution is 2.48. The summed E-state index contributed by atoms with van der Waals surface area (Å²) in [5.41, 5.74) is 2.77. The lowest BCUT2D eigenvalue weighted by molar-refractivity contribution is 0.00516. The van der Waals surface area contributed by atoms with Crippen molar-refractivity contribution in [3.63, 3.8) is 0 Å². The molecule has 198 valence electrons. The average molecular weight is 521 g/mol. The summed E-state index contributed by atoms with van der Waals surface area (Å²) in [5, 5.41) is 15.1. The van der Waals surface area contributed by atoms with Crippen molar-refractivity contribution < 1.29 is 14.2 Å². The standard InChI is InChI=1S/C34H33FN2O2/c1-37(2)23-22-34(38,30-15-9-13-24-10-7-8-14-28(24)30)32(26-11-5-4-6-12-26)29-20-21-31(36-33(29)39-3)25-16-18-27(35)19-17-25/h4-21,32,38H,22-23H2,1-3H3/t32-,34-/m1/s1. The molecule has 0 aliphatic heterocycles. The quantitative estimate of drug-likeness (QED) is 0.227. The van der Waals surface area contributed by atoms with E-state index in [-0.39, 0.29) is 5.82 Å². The van der Waals surface area contributed by atoms with E-state index in [0.717, 1.165) is 33.0 Å². The van der Waals surface area contributed by atoms with Crippen molar-refractivity contribution in [2.75, 3.05) is 27.7 Å². The number of aliphatic hydroxyl groups is 1. The van der Waals surface area contributed by atoms with Gasteiger partial charge < -0.3 is 14.7 Å². The summed E-state index contributed by atoms with van der Waals surface area (Å²) in [6, 6.07) is 34.5. The third-order valence-electron chi connectivity index (χ3n) is 7.34. The van der Waals surface area contributed by atoms with E-state index in [1.165, 1.54) is 12.1 Å². The molecule has 5 aromatic rings. The molecular weight excluding hydrogens is 487 g/mol. The van der Waals surface area contributed by atoms with Crippen molar-refractivity contribution in [2.45, 2.75) is 17.9 Å². The van der Waals surface area contributed by atoms with E-state index in [2.05, 4.69) is 23.1 Å². The molecule has 0 fully saturated rings. The Morgan fingerprint density at radius 3 is 2.26 bits per heavy atom. The third-order valence-corrected chi connectivity index (χ3v) is 7.34. The van der Waals surface area contributed by atoms with E-state index < -0.39 is 11.5 Å². The maximum atomic E-state index is 13.6. The van der Waals surface area contributed by atoms with Gasteiger partial charge in [-0.1, -0.05) is 78.9 Å².